The second-order valence-electron chi connectivity index (χ2n) is 11.3. The van der Waals surface area contributed by atoms with Crippen molar-refractivity contribution in [2.45, 2.75) is 77.9 Å². The summed E-state index contributed by atoms with van der Waals surface area (Å²) in [6, 6.07) is 3.52. The van der Waals surface area contributed by atoms with Gasteiger partial charge in [0.2, 0.25) is 5.91 Å². The quantitative estimate of drug-likeness (QED) is 0.657. The lowest BCUT2D eigenvalue weighted by Crippen LogP contribution is -2.39. The zero-order valence-electron chi connectivity index (χ0n) is 21.4. The first-order chi connectivity index (χ1) is 17.0. The van der Waals surface area contributed by atoms with Crippen LogP contribution in [0, 0.1) is 5.41 Å². The topological polar surface area (TPSA) is 121 Å². The number of nitrogens with zero attached hydrogens (tertiary/aromatic N) is 4. The lowest BCUT2D eigenvalue weighted by atomic mass is 9.98. The van der Waals surface area contributed by atoms with E-state index in [1.807, 2.05) is 44.7 Å². The predicted octanol–water partition coefficient (Wildman–Crippen LogP) is 4.21. The Labute approximate surface area is 210 Å². The summed E-state index contributed by atoms with van der Waals surface area (Å²) in [5, 5.41) is 10.2. The number of aromatic nitrogens is 3. The number of amides is 3. The van der Waals surface area contributed by atoms with Gasteiger partial charge in [0.1, 0.15) is 11.4 Å². The van der Waals surface area contributed by atoms with Crippen molar-refractivity contribution in [3.05, 3.63) is 35.2 Å². The van der Waals surface area contributed by atoms with Gasteiger partial charge < -0.3 is 15.0 Å². The highest BCUT2D eigenvalue weighted by atomic mass is 16.6. The van der Waals surface area contributed by atoms with Crippen molar-refractivity contribution in [1.29, 1.82) is 0 Å². The standard InChI is InChI=1S/C26H34N6O4/c1-25(2,3)36-24(35)32-12-8-16-13-17(15-27-21(16)32)22(33)31-11-6-5-7-19(31)18-14-20(30-29-18)28-23(34)26(4)9-10-26/h13-15,19H,5-12H2,1-4H3,(H2,28,29,30,34)/t19-/m1/s1. The number of aromatic amines is 1. The van der Waals surface area contributed by atoms with Crippen LogP contribution in [0.5, 0.6) is 0 Å². The molecule has 0 bridgehead atoms. The van der Waals surface area contributed by atoms with E-state index >= 15 is 0 Å². The molecule has 10 nitrogen and oxygen atoms in total. The van der Waals surface area contributed by atoms with Gasteiger partial charge in [-0.2, -0.15) is 5.10 Å². The van der Waals surface area contributed by atoms with Crippen molar-refractivity contribution < 1.29 is 19.1 Å². The van der Waals surface area contributed by atoms with E-state index in [-0.39, 0.29) is 23.3 Å². The molecular formula is C26H34N6O4. The van der Waals surface area contributed by atoms with Gasteiger partial charge in [0.15, 0.2) is 5.82 Å². The minimum absolute atomic E-state index is 0.0123. The van der Waals surface area contributed by atoms with Crippen LogP contribution in [0.4, 0.5) is 16.4 Å². The fourth-order valence-corrected chi connectivity index (χ4v) is 4.80. The second kappa shape index (κ2) is 8.90. The summed E-state index contributed by atoms with van der Waals surface area (Å²) in [7, 11) is 0. The molecule has 2 fully saturated rings. The molecule has 36 heavy (non-hydrogen) atoms. The molecule has 10 heteroatoms. The Bertz CT molecular complexity index is 1200. The van der Waals surface area contributed by atoms with Gasteiger partial charge in [0, 0.05) is 30.8 Å². The molecule has 1 atom stereocenters. The second-order valence-corrected chi connectivity index (χ2v) is 11.3. The molecule has 3 amide bonds. The normalized spacial score (nSPS) is 20.6. The molecule has 3 aliphatic rings. The molecule has 0 spiro atoms. The third-order valence-corrected chi connectivity index (χ3v) is 7.17. The number of H-pyrrole nitrogens is 1. The Morgan fingerprint density at radius 1 is 1.17 bits per heavy atom. The van der Waals surface area contributed by atoms with Crippen LogP contribution in [-0.2, 0) is 16.0 Å². The number of nitrogens with one attached hydrogen (secondary N) is 2. The lowest BCUT2D eigenvalue weighted by Gasteiger charge is -2.35. The van der Waals surface area contributed by atoms with Gasteiger partial charge >= 0.3 is 6.09 Å². The SMILES string of the molecule is CC(C)(C)OC(=O)N1CCc2cc(C(=O)N3CCCC[C@@H]3c3cc(NC(=O)C4(C)CC4)n[nH]3)cnc21. The number of ether oxygens (including phenoxy) is 1. The zero-order chi connectivity index (χ0) is 25.7. The van der Waals surface area contributed by atoms with Crippen LogP contribution in [0.25, 0.3) is 0 Å². The van der Waals surface area contributed by atoms with Crippen molar-refractivity contribution in [2.75, 3.05) is 23.3 Å². The van der Waals surface area contributed by atoms with E-state index in [1.165, 1.54) is 4.90 Å². The van der Waals surface area contributed by atoms with E-state index in [0.717, 1.165) is 43.4 Å². The average molecular weight is 495 g/mol. The van der Waals surface area contributed by atoms with Crippen molar-refractivity contribution >= 4 is 29.5 Å². The molecule has 5 rings (SSSR count). The number of rotatable bonds is 4. The first kappa shape index (κ1) is 24.3. The monoisotopic (exact) mass is 494 g/mol. The molecule has 0 aromatic carbocycles. The fourth-order valence-electron chi connectivity index (χ4n) is 4.80. The minimum Gasteiger partial charge on any atom is -0.443 e. The molecule has 2 aromatic rings. The Kier molecular flexibility index (Phi) is 6.00. The van der Waals surface area contributed by atoms with E-state index in [4.69, 9.17) is 4.74 Å². The molecule has 2 N–H and O–H groups in total. The number of carbonyl (C=O) groups is 3. The number of anilines is 2. The van der Waals surface area contributed by atoms with Crippen molar-refractivity contribution in [1.82, 2.24) is 20.1 Å². The highest BCUT2D eigenvalue weighted by Gasteiger charge is 2.45. The Morgan fingerprint density at radius 2 is 1.94 bits per heavy atom. The summed E-state index contributed by atoms with van der Waals surface area (Å²) in [5.74, 6) is 0.926. The van der Waals surface area contributed by atoms with Crippen molar-refractivity contribution in [3.63, 3.8) is 0 Å². The largest absolute Gasteiger partial charge is 0.443 e. The maximum Gasteiger partial charge on any atom is 0.416 e. The molecule has 192 valence electrons. The van der Waals surface area contributed by atoms with Crippen LogP contribution in [-0.4, -0.2) is 56.7 Å². The van der Waals surface area contributed by atoms with Gasteiger partial charge in [-0.3, -0.25) is 19.6 Å². The van der Waals surface area contributed by atoms with Gasteiger partial charge in [-0.05, 0) is 70.9 Å². The van der Waals surface area contributed by atoms with Gasteiger partial charge in [0.05, 0.1) is 17.3 Å². The molecule has 2 aromatic heterocycles. The van der Waals surface area contributed by atoms with Gasteiger partial charge in [-0.25, -0.2) is 9.78 Å². The number of hydrogen-bond acceptors (Lipinski definition) is 6. The molecule has 1 aliphatic carbocycles. The summed E-state index contributed by atoms with van der Waals surface area (Å²) >= 11 is 0. The van der Waals surface area contributed by atoms with Crippen LogP contribution in [0.3, 0.4) is 0 Å². The molecule has 1 saturated heterocycles. The van der Waals surface area contributed by atoms with Crippen molar-refractivity contribution in [3.8, 4) is 0 Å². The maximum absolute atomic E-state index is 13.6. The van der Waals surface area contributed by atoms with Gasteiger partial charge in [-0.15, -0.1) is 0 Å². The van der Waals surface area contributed by atoms with Gasteiger partial charge in [-0.1, -0.05) is 6.92 Å². The number of pyridine rings is 1. The van der Waals surface area contributed by atoms with E-state index in [9.17, 15) is 14.4 Å². The zero-order valence-corrected chi connectivity index (χ0v) is 21.4. The molecule has 4 heterocycles. The Balaban J connectivity index is 1.31. The van der Waals surface area contributed by atoms with Crippen LogP contribution in [0.1, 0.15) is 87.5 Å². The number of hydrogen-bond donors (Lipinski definition) is 2. The van der Waals surface area contributed by atoms with Crippen LogP contribution < -0.4 is 10.2 Å². The van der Waals surface area contributed by atoms with E-state index in [0.29, 0.717) is 36.7 Å². The predicted molar refractivity (Wildman–Crippen MR) is 134 cm³/mol. The highest BCUT2D eigenvalue weighted by molar-refractivity contribution is 5.97. The number of carbonyl (C=O) groups excluding carboxylic acids is 3. The first-order valence-corrected chi connectivity index (χ1v) is 12.7. The highest BCUT2D eigenvalue weighted by Crippen LogP contribution is 2.45. The van der Waals surface area contributed by atoms with E-state index < -0.39 is 11.7 Å². The molecular weight excluding hydrogens is 460 g/mol. The molecule has 0 unspecified atom stereocenters. The molecule has 1 saturated carbocycles. The van der Waals surface area contributed by atoms with Gasteiger partial charge in [0.25, 0.3) is 5.91 Å². The smallest absolute Gasteiger partial charge is 0.416 e. The van der Waals surface area contributed by atoms with Crippen molar-refractivity contribution in [2.24, 2.45) is 5.41 Å². The number of piperidine rings is 1. The van der Waals surface area contributed by atoms with E-state index in [2.05, 4.69) is 20.5 Å². The van der Waals surface area contributed by atoms with Crippen LogP contribution in [0.2, 0.25) is 0 Å². The summed E-state index contributed by atoms with van der Waals surface area (Å²) in [6.07, 6.45) is 6.25. The lowest BCUT2D eigenvalue weighted by molar-refractivity contribution is -0.120. The fraction of sp³-hybridized carbons (Fsp3) is 0.577. The Hall–Kier alpha value is -3.43. The van der Waals surface area contributed by atoms with Crippen LogP contribution in [0.15, 0.2) is 18.3 Å². The Morgan fingerprint density at radius 3 is 2.67 bits per heavy atom. The summed E-state index contributed by atoms with van der Waals surface area (Å²) in [6.45, 7) is 8.54. The molecule has 0 radical (unpaired) electrons. The molecule has 2 aliphatic heterocycles. The minimum atomic E-state index is -0.593. The third kappa shape index (κ3) is 4.81. The first-order valence-electron chi connectivity index (χ1n) is 12.7. The average Bonchev–Trinajstić information content (AvgIpc) is 3.23. The van der Waals surface area contributed by atoms with E-state index in [1.54, 1.807) is 6.20 Å². The summed E-state index contributed by atoms with van der Waals surface area (Å²) in [4.78, 5) is 46.4. The third-order valence-electron chi connectivity index (χ3n) is 7.17. The summed E-state index contributed by atoms with van der Waals surface area (Å²) in [5.41, 5.74) is 1.29. The maximum atomic E-state index is 13.6. The number of likely N-dealkylation sites (tertiary alicyclic amines) is 1. The van der Waals surface area contributed by atoms with Crippen LogP contribution >= 0.6 is 0 Å². The summed E-state index contributed by atoms with van der Waals surface area (Å²) < 4.78 is 5.50. The number of fused-ring (bicyclic) bond motifs is 1.